The number of nitrogens with two attached hydrogens (primary N) is 1. The zero-order valence-electron chi connectivity index (χ0n) is 10.3. The molecule has 1 aromatic carbocycles. The first-order valence-corrected chi connectivity index (χ1v) is 6.55. The molecule has 0 bridgehead atoms. The van der Waals surface area contributed by atoms with E-state index in [1.807, 2.05) is 24.4 Å². The van der Waals surface area contributed by atoms with E-state index in [2.05, 4.69) is 21.6 Å². The van der Waals surface area contributed by atoms with Crippen molar-refractivity contribution in [3.8, 4) is 0 Å². The number of nitrogens with one attached hydrogen (secondary N) is 1. The Hall–Kier alpha value is -1.68. The fraction of sp³-hybridized carbons (Fsp3) is 0.429. The second-order valence-electron chi connectivity index (χ2n) is 4.95. The van der Waals surface area contributed by atoms with Crippen molar-refractivity contribution in [3.63, 3.8) is 0 Å². The summed E-state index contributed by atoms with van der Waals surface area (Å²) in [5.41, 5.74) is 7.83. The minimum absolute atomic E-state index is 0.475. The molecule has 0 saturated heterocycles. The van der Waals surface area contributed by atoms with Gasteiger partial charge in [0.2, 0.25) is 0 Å². The predicted octanol–water partition coefficient (Wildman–Crippen LogP) is 2.17. The van der Waals surface area contributed by atoms with Crippen LogP contribution in [0.1, 0.15) is 19.3 Å². The Bertz CT molecular complexity index is 535. The van der Waals surface area contributed by atoms with E-state index in [0.29, 0.717) is 12.0 Å². The molecule has 0 radical (unpaired) electrons. The maximum Gasteiger partial charge on any atom is 0.0950 e. The molecule has 0 spiro atoms. The lowest BCUT2D eigenvalue weighted by molar-refractivity contribution is 0.517. The Kier molecular flexibility index (Phi) is 3.11. The Morgan fingerprint density at radius 2 is 2.17 bits per heavy atom. The fourth-order valence-electron chi connectivity index (χ4n) is 2.83. The van der Waals surface area contributed by atoms with Crippen LogP contribution in [0.5, 0.6) is 0 Å². The van der Waals surface area contributed by atoms with Crippen LogP contribution in [0.3, 0.4) is 0 Å². The molecule has 1 aromatic heterocycles. The summed E-state index contributed by atoms with van der Waals surface area (Å²) in [7, 11) is 0. The Morgan fingerprint density at radius 3 is 3.06 bits per heavy atom. The fourth-order valence-corrected chi connectivity index (χ4v) is 2.83. The van der Waals surface area contributed by atoms with Gasteiger partial charge in [-0.3, -0.25) is 0 Å². The number of anilines is 1. The Morgan fingerprint density at radius 1 is 1.28 bits per heavy atom. The van der Waals surface area contributed by atoms with Gasteiger partial charge in [-0.25, -0.2) is 0 Å². The molecule has 4 nitrogen and oxygen atoms in total. The lowest BCUT2D eigenvalue weighted by atomic mass is 10.0. The van der Waals surface area contributed by atoms with Gasteiger partial charge in [0.15, 0.2) is 0 Å². The lowest BCUT2D eigenvalue weighted by Gasteiger charge is -2.21. The van der Waals surface area contributed by atoms with Crippen molar-refractivity contribution in [2.45, 2.75) is 25.3 Å². The van der Waals surface area contributed by atoms with E-state index in [1.54, 1.807) is 0 Å². The highest BCUT2D eigenvalue weighted by atomic mass is 15.1. The summed E-state index contributed by atoms with van der Waals surface area (Å²) in [6.45, 7) is 0.758. The Labute approximate surface area is 107 Å². The van der Waals surface area contributed by atoms with Crippen LogP contribution in [-0.2, 0) is 0 Å². The molecule has 4 heteroatoms. The molecule has 2 aromatic rings. The molecule has 2 atom stereocenters. The second-order valence-corrected chi connectivity index (χ2v) is 4.95. The number of hydrogen-bond donors (Lipinski definition) is 2. The van der Waals surface area contributed by atoms with Crippen molar-refractivity contribution >= 4 is 16.6 Å². The summed E-state index contributed by atoms with van der Waals surface area (Å²) < 4.78 is 0. The zero-order chi connectivity index (χ0) is 12.4. The molecule has 0 aliphatic heterocycles. The van der Waals surface area contributed by atoms with Crippen LogP contribution in [0.15, 0.2) is 30.5 Å². The summed E-state index contributed by atoms with van der Waals surface area (Å²) >= 11 is 0. The SMILES string of the molecule is NCC1CCCC1Nc1cnnc2ccccc12. The molecule has 94 valence electrons. The van der Waals surface area contributed by atoms with Crippen LogP contribution in [0.4, 0.5) is 5.69 Å². The average Bonchev–Trinajstić information content (AvgIpc) is 2.86. The van der Waals surface area contributed by atoms with Gasteiger partial charge in [-0.1, -0.05) is 24.6 Å². The van der Waals surface area contributed by atoms with Crippen molar-refractivity contribution in [2.75, 3.05) is 11.9 Å². The number of nitrogens with zero attached hydrogens (tertiary/aromatic N) is 2. The molecular formula is C14H18N4. The standard InChI is InChI=1S/C14H18N4/c15-8-10-4-3-7-12(10)17-14-9-16-18-13-6-2-1-5-11(13)14/h1-2,5-6,9-10,12H,3-4,7-8,15H2,(H,17,18). The maximum atomic E-state index is 5.82. The first-order valence-electron chi connectivity index (χ1n) is 6.55. The summed E-state index contributed by atoms with van der Waals surface area (Å²) in [5, 5.41) is 12.9. The van der Waals surface area contributed by atoms with E-state index in [1.165, 1.54) is 19.3 Å². The first-order chi connectivity index (χ1) is 8.88. The maximum absolute atomic E-state index is 5.82. The van der Waals surface area contributed by atoms with E-state index >= 15 is 0 Å². The summed E-state index contributed by atoms with van der Waals surface area (Å²) in [5.74, 6) is 0.580. The molecule has 18 heavy (non-hydrogen) atoms. The lowest BCUT2D eigenvalue weighted by Crippen LogP contribution is -2.29. The smallest absolute Gasteiger partial charge is 0.0950 e. The van der Waals surface area contributed by atoms with Crippen LogP contribution in [0.2, 0.25) is 0 Å². The minimum Gasteiger partial charge on any atom is -0.380 e. The van der Waals surface area contributed by atoms with Gasteiger partial charge in [0, 0.05) is 11.4 Å². The van der Waals surface area contributed by atoms with Gasteiger partial charge in [-0.05, 0) is 31.4 Å². The average molecular weight is 242 g/mol. The normalized spacial score (nSPS) is 23.4. The molecule has 1 fully saturated rings. The van der Waals surface area contributed by atoms with Crippen LogP contribution in [0.25, 0.3) is 10.9 Å². The third-order valence-corrected chi connectivity index (χ3v) is 3.85. The van der Waals surface area contributed by atoms with E-state index in [0.717, 1.165) is 23.1 Å². The van der Waals surface area contributed by atoms with Crippen molar-refractivity contribution in [1.29, 1.82) is 0 Å². The van der Waals surface area contributed by atoms with Crippen molar-refractivity contribution < 1.29 is 0 Å². The van der Waals surface area contributed by atoms with E-state index in [4.69, 9.17) is 5.73 Å². The van der Waals surface area contributed by atoms with Gasteiger partial charge in [-0.15, -0.1) is 0 Å². The first kappa shape index (κ1) is 11.4. The summed E-state index contributed by atoms with van der Waals surface area (Å²) in [6, 6.07) is 8.56. The van der Waals surface area contributed by atoms with Crippen LogP contribution >= 0.6 is 0 Å². The highest BCUT2D eigenvalue weighted by Gasteiger charge is 2.26. The molecule has 3 rings (SSSR count). The quantitative estimate of drug-likeness (QED) is 0.865. The molecule has 3 N–H and O–H groups in total. The molecule has 1 heterocycles. The van der Waals surface area contributed by atoms with Gasteiger partial charge in [0.1, 0.15) is 0 Å². The zero-order valence-corrected chi connectivity index (χ0v) is 10.3. The number of hydrogen-bond acceptors (Lipinski definition) is 4. The summed E-state index contributed by atoms with van der Waals surface area (Å²) in [6.07, 6.45) is 5.49. The number of fused-ring (bicyclic) bond motifs is 1. The van der Waals surface area contributed by atoms with Gasteiger partial charge in [-0.2, -0.15) is 10.2 Å². The number of rotatable bonds is 3. The molecular weight excluding hydrogens is 224 g/mol. The van der Waals surface area contributed by atoms with Crippen LogP contribution in [0, 0.1) is 5.92 Å². The number of aromatic nitrogens is 2. The van der Waals surface area contributed by atoms with Gasteiger partial charge < -0.3 is 11.1 Å². The third-order valence-electron chi connectivity index (χ3n) is 3.85. The van der Waals surface area contributed by atoms with Crippen molar-refractivity contribution in [1.82, 2.24) is 10.2 Å². The van der Waals surface area contributed by atoms with E-state index in [9.17, 15) is 0 Å². The summed E-state index contributed by atoms with van der Waals surface area (Å²) in [4.78, 5) is 0. The highest BCUT2D eigenvalue weighted by Crippen LogP contribution is 2.29. The predicted molar refractivity (Wildman–Crippen MR) is 73.3 cm³/mol. The van der Waals surface area contributed by atoms with Crippen molar-refractivity contribution in [2.24, 2.45) is 11.7 Å². The van der Waals surface area contributed by atoms with E-state index in [-0.39, 0.29) is 0 Å². The van der Waals surface area contributed by atoms with Crippen molar-refractivity contribution in [3.05, 3.63) is 30.5 Å². The van der Waals surface area contributed by atoms with E-state index < -0.39 is 0 Å². The monoisotopic (exact) mass is 242 g/mol. The largest absolute Gasteiger partial charge is 0.380 e. The number of benzene rings is 1. The second kappa shape index (κ2) is 4.90. The molecule has 2 unspecified atom stereocenters. The molecule has 0 amide bonds. The van der Waals surface area contributed by atoms with Gasteiger partial charge >= 0.3 is 0 Å². The van der Waals surface area contributed by atoms with Gasteiger partial charge in [0.25, 0.3) is 0 Å². The minimum atomic E-state index is 0.475. The molecule has 1 aliphatic rings. The Balaban J connectivity index is 1.90. The molecule has 1 aliphatic carbocycles. The highest BCUT2D eigenvalue weighted by molar-refractivity contribution is 5.90. The van der Waals surface area contributed by atoms with Crippen LogP contribution < -0.4 is 11.1 Å². The van der Waals surface area contributed by atoms with Crippen LogP contribution in [-0.4, -0.2) is 22.8 Å². The molecule has 1 saturated carbocycles. The topological polar surface area (TPSA) is 63.8 Å². The van der Waals surface area contributed by atoms with Gasteiger partial charge in [0.05, 0.1) is 17.4 Å². The third kappa shape index (κ3) is 2.04.